The lowest BCUT2D eigenvalue weighted by Crippen LogP contribution is -2.60. The number of nitrogens with one attached hydrogen (secondary N) is 4. The summed E-state index contributed by atoms with van der Waals surface area (Å²) in [5.41, 5.74) is 5.49. The van der Waals surface area contributed by atoms with Crippen LogP contribution in [0.1, 0.15) is 119 Å². The van der Waals surface area contributed by atoms with E-state index in [9.17, 15) is 55.1 Å². The van der Waals surface area contributed by atoms with E-state index in [1.54, 1.807) is 43.5 Å². The highest BCUT2D eigenvalue weighted by molar-refractivity contribution is 6.42. The number of alkyl halides is 6. The number of isocyanates is 1. The van der Waals surface area contributed by atoms with Crippen molar-refractivity contribution in [3.63, 3.8) is 0 Å². The molecule has 0 aliphatic carbocycles. The van der Waals surface area contributed by atoms with Gasteiger partial charge in [0.05, 0.1) is 61.1 Å². The van der Waals surface area contributed by atoms with Crippen LogP contribution < -0.4 is 21.3 Å². The van der Waals surface area contributed by atoms with Gasteiger partial charge in [-0.15, -0.1) is 0 Å². The van der Waals surface area contributed by atoms with Crippen molar-refractivity contribution in [2.24, 2.45) is 4.99 Å². The zero-order chi connectivity index (χ0) is 81.1. The molecule has 0 bridgehead atoms. The molecule has 2 unspecified atom stereocenters. The SMILES string of the molecule is C1CCOC1.CN(CC(CCN1CCC2(CC1)NC(=O)Cc1ccccc12)(c1ccc(Cl)c(Cl)c1)N(C)C(=O)NC(c1ccccc1)c1ccccc1)C(=O)C(F)(F)F.CNC(CCN1CCC2(CC1)NC(=O)Cc1ccccc12)(CN(C)C(=O)C(F)(F)F)c1ccc(Cl)c(Cl)c1.O=C=NC(c1ccccc1)c1ccccc1. The molecule has 6 amide bonds. The maximum absolute atomic E-state index is 14.6. The van der Waals surface area contributed by atoms with E-state index in [0.717, 1.165) is 84.7 Å². The summed E-state index contributed by atoms with van der Waals surface area (Å²) >= 11 is 25.3. The van der Waals surface area contributed by atoms with Crippen LogP contribution in [0.3, 0.4) is 0 Å². The van der Waals surface area contributed by atoms with Gasteiger partial charge in [0, 0.05) is 86.7 Å². The number of nitrogens with zero attached hydrogens (tertiary/aromatic N) is 6. The van der Waals surface area contributed by atoms with Gasteiger partial charge in [0.15, 0.2) is 0 Å². The Morgan fingerprint density at radius 3 is 1.32 bits per heavy atom. The molecule has 17 nitrogen and oxygen atoms in total. The molecule has 5 aliphatic heterocycles. The van der Waals surface area contributed by atoms with Gasteiger partial charge < -0.3 is 50.5 Å². The summed E-state index contributed by atoms with van der Waals surface area (Å²) in [7, 11) is 5.41. The molecule has 0 saturated carbocycles. The first-order valence-electron chi connectivity index (χ1n) is 37.4. The summed E-state index contributed by atoms with van der Waals surface area (Å²) < 4.78 is 86.3. The molecule has 598 valence electrons. The first-order valence-corrected chi connectivity index (χ1v) is 38.9. The van der Waals surface area contributed by atoms with Crippen molar-refractivity contribution in [2.45, 2.75) is 111 Å². The second-order valence-corrected chi connectivity index (χ2v) is 30.7. The summed E-state index contributed by atoms with van der Waals surface area (Å²) in [6.07, 6.45) is -2.01. The molecule has 8 aromatic rings. The van der Waals surface area contributed by atoms with Crippen molar-refractivity contribution in [3.8, 4) is 0 Å². The quantitative estimate of drug-likeness (QED) is 0.0325. The molecule has 0 radical (unpaired) electrons. The maximum atomic E-state index is 14.6. The number of likely N-dealkylation sites (tertiary alicyclic amines) is 2. The maximum Gasteiger partial charge on any atom is 0.471 e. The summed E-state index contributed by atoms with van der Waals surface area (Å²) in [6.45, 7) is 4.73. The average Bonchev–Trinajstić information content (AvgIpc) is 0.798. The van der Waals surface area contributed by atoms with Crippen LogP contribution in [0.5, 0.6) is 0 Å². The van der Waals surface area contributed by atoms with Crippen molar-refractivity contribution < 1.29 is 59.8 Å². The summed E-state index contributed by atoms with van der Waals surface area (Å²) in [5.74, 6) is -3.97. The number of carbonyl (C=O) groups is 5. The number of benzene rings is 8. The zero-order valence-corrected chi connectivity index (χ0v) is 66.3. The van der Waals surface area contributed by atoms with E-state index in [-0.39, 0.29) is 45.9 Å². The predicted octanol–water partition coefficient (Wildman–Crippen LogP) is 16.1. The van der Waals surface area contributed by atoms with Crippen molar-refractivity contribution >= 4 is 82.1 Å². The summed E-state index contributed by atoms with van der Waals surface area (Å²) in [4.78, 5) is 86.0. The zero-order valence-electron chi connectivity index (χ0n) is 63.2. The molecule has 13 rings (SSSR count). The van der Waals surface area contributed by atoms with E-state index in [4.69, 9.17) is 51.1 Å². The normalized spacial score (nSPS) is 16.8. The molecule has 5 heterocycles. The Bertz CT molecular complexity index is 4510. The van der Waals surface area contributed by atoms with E-state index in [1.807, 2.05) is 158 Å². The third kappa shape index (κ3) is 21.7. The predicted molar refractivity (Wildman–Crippen MR) is 427 cm³/mol. The molecule has 5 aliphatic rings. The smallest absolute Gasteiger partial charge is 0.381 e. The monoisotopic (exact) mass is 1630 g/mol. The fourth-order valence-corrected chi connectivity index (χ4v) is 16.4. The van der Waals surface area contributed by atoms with Crippen LogP contribution >= 0.6 is 46.4 Å². The van der Waals surface area contributed by atoms with Gasteiger partial charge in [-0.25, -0.2) is 9.59 Å². The van der Waals surface area contributed by atoms with Gasteiger partial charge in [-0.2, -0.15) is 31.3 Å². The van der Waals surface area contributed by atoms with Gasteiger partial charge in [0.2, 0.25) is 17.9 Å². The number of likely N-dealkylation sites (N-methyl/N-ethyl adjacent to an activating group) is 4. The highest BCUT2D eigenvalue weighted by Gasteiger charge is 2.50. The topological polar surface area (TPSA) is 188 Å². The van der Waals surface area contributed by atoms with Crippen LogP contribution in [0.15, 0.2) is 211 Å². The Kier molecular flexibility index (Phi) is 29.6. The van der Waals surface area contributed by atoms with E-state index in [1.165, 1.54) is 30.9 Å². The molecule has 113 heavy (non-hydrogen) atoms. The number of ether oxygens (including phenoxy) is 1. The number of fused-ring (bicyclic) bond motifs is 4. The minimum absolute atomic E-state index is 0.0170. The van der Waals surface area contributed by atoms with Crippen molar-refractivity contribution in [1.29, 1.82) is 0 Å². The second kappa shape index (κ2) is 38.8. The number of aliphatic imine (C=N–C) groups is 1. The number of halogens is 10. The largest absolute Gasteiger partial charge is 0.471 e. The van der Waals surface area contributed by atoms with Crippen LogP contribution in [-0.4, -0.2) is 166 Å². The molecule has 8 aromatic carbocycles. The lowest BCUT2D eigenvalue weighted by atomic mass is 9.75. The van der Waals surface area contributed by atoms with Crippen molar-refractivity contribution in [2.75, 3.05) is 93.8 Å². The molecule has 3 fully saturated rings. The van der Waals surface area contributed by atoms with E-state index < -0.39 is 64.9 Å². The molecule has 2 spiro atoms. The van der Waals surface area contributed by atoms with E-state index in [0.29, 0.717) is 97.3 Å². The van der Waals surface area contributed by atoms with Crippen LogP contribution in [0.4, 0.5) is 31.1 Å². The van der Waals surface area contributed by atoms with Crippen molar-refractivity contribution in [3.05, 3.63) is 282 Å². The van der Waals surface area contributed by atoms with Crippen LogP contribution in [0.25, 0.3) is 0 Å². The number of hydrogen-bond acceptors (Lipinski definition) is 11. The Hall–Kier alpha value is -9.13. The lowest BCUT2D eigenvalue weighted by molar-refractivity contribution is -0.185. The minimum atomic E-state index is -5.15. The number of rotatable bonds is 20. The Labute approximate surface area is 675 Å². The lowest BCUT2D eigenvalue weighted by Gasteiger charge is -2.48. The van der Waals surface area contributed by atoms with Gasteiger partial charge in [0.1, 0.15) is 6.04 Å². The first-order chi connectivity index (χ1) is 54.0. The standard InChI is InChI=1S/C41H42Cl2F3N5O3.C27H31Cl2F3N4O2.C14H11NO.C4H8O/c1-49(37(53)41(44,45)46)27-40(31-17-18-33(42)34(43)26-31,50(2)38(54)47-36(28-11-5-3-6-12-28)29-13-7-4-8-14-29)21-24-51-22-19-39(20-23-51)32-16-10-9-15-30(32)25-35(52)48-39;1-33-26(17-35(2)24(38)27(30,31)32,19-7-8-21(28)22(29)16-19)11-14-36-12-9-25(10-13-36)20-6-4-3-5-18(20)15-23(37)34-25;16-11-15-14(12-7-3-1-4-8-12)13-9-5-2-6-10-13;1-2-4-5-3-1/h3-18,26,36H,19-25,27H2,1-2H3,(H,47,54)(H,48,52);3-8,16,33H,9-15,17H2,1-2H3,(H,34,37);1-10,14H;1-4H2. The molecule has 3 saturated heterocycles. The molecule has 0 aromatic heterocycles. The number of amides is 6. The molecule has 2 atom stereocenters. The number of hydrogen-bond donors (Lipinski definition) is 4. The Morgan fingerprint density at radius 1 is 0.531 bits per heavy atom. The highest BCUT2D eigenvalue weighted by Crippen LogP contribution is 2.43. The van der Waals surface area contributed by atoms with Gasteiger partial charge in [-0.05, 0) is 138 Å². The van der Waals surface area contributed by atoms with Crippen LogP contribution in [0.2, 0.25) is 20.1 Å². The van der Waals surface area contributed by atoms with Gasteiger partial charge >= 0.3 is 30.2 Å². The highest BCUT2D eigenvalue weighted by atomic mass is 35.5. The van der Waals surface area contributed by atoms with Gasteiger partial charge in [-0.1, -0.05) is 228 Å². The molecular formula is C86H92Cl4F6N10O7. The molecule has 4 N–H and O–H groups in total. The third-order valence-corrected chi connectivity index (χ3v) is 23.4. The number of urea groups is 1. The minimum Gasteiger partial charge on any atom is -0.381 e. The summed E-state index contributed by atoms with van der Waals surface area (Å²) in [6, 6.07) is 62.3. The van der Waals surface area contributed by atoms with Crippen molar-refractivity contribution in [1.82, 2.24) is 45.8 Å². The van der Waals surface area contributed by atoms with Gasteiger partial charge in [0.25, 0.3) is 0 Å². The van der Waals surface area contributed by atoms with E-state index >= 15 is 0 Å². The van der Waals surface area contributed by atoms with Crippen LogP contribution in [-0.2, 0) is 63.7 Å². The summed E-state index contributed by atoms with van der Waals surface area (Å²) in [5, 5.41) is 13.8. The molecular weight excluding hydrogens is 1540 g/mol. The first kappa shape index (κ1) is 86.3. The second-order valence-electron chi connectivity index (χ2n) is 29.1. The van der Waals surface area contributed by atoms with E-state index in [2.05, 4.69) is 48.2 Å². The Balaban J connectivity index is 0.000000196. The number of carbonyl (C=O) groups excluding carboxylic acids is 6. The third-order valence-electron chi connectivity index (χ3n) is 22.0. The van der Waals surface area contributed by atoms with Crippen LogP contribution in [0, 0.1) is 0 Å². The number of piperidine rings is 2. The van der Waals surface area contributed by atoms with Gasteiger partial charge in [-0.3, -0.25) is 19.2 Å². The average molecular weight is 1630 g/mol. The molecule has 27 heteroatoms. The Morgan fingerprint density at radius 2 is 0.920 bits per heavy atom. The fourth-order valence-electron chi connectivity index (χ4n) is 15.8. The fraction of sp³-hybridized carbons (Fsp3) is 0.372.